The van der Waals surface area contributed by atoms with Gasteiger partial charge in [-0.1, -0.05) is 177 Å². The molecule has 0 aromatic rings. The van der Waals surface area contributed by atoms with Crippen LogP contribution < -0.4 is 0 Å². The summed E-state index contributed by atoms with van der Waals surface area (Å²) in [6.07, 6.45) is 45.5. The fourth-order valence-corrected chi connectivity index (χ4v) is 6.51. The zero-order chi connectivity index (χ0) is 43.7. The molecule has 0 aromatic heterocycles. The average Bonchev–Trinajstić information content (AvgIpc) is 3.18. The second kappa shape index (κ2) is 39.5. The van der Waals surface area contributed by atoms with Crippen LogP contribution in [0, 0.1) is 0 Å². The number of hydrogen-bond donors (Lipinski definition) is 2. The van der Waals surface area contributed by atoms with Crippen molar-refractivity contribution in [2.45, 2.75) is 174 Å². The summed E-state index contributed by atoms with van der Waals surface area (Å²) >= 11 is 0. The molecule has 0 saturated heterocycles. The van der Waals surface area contributed by atoms with Crippen LogP contribution in [0.3, 0.4) is 0 Å². The van der Waals surface area contributed by atoms with E-state index in [0.29, 0.717) is 30.3 Å². The topological polar surface area (TPSA) is 129 Å². The molecule has 0 aliphatic heterocycles. The van der Waals surface area contributed by atoms with Crippen LogP contribution >= 0.6 is 7.82 Å². The van der Waals surface area contributed by atoms with E-state index in [1.165, 1.54) is 77.0 Å². The Kier molecular flexibility index (Phi) is 37.8. The van der Waals surface area contributed by atoms with Gasteiger partial charge in [-0.15, -0.1) is 0 Å². The minimum atomic E-state index is -4.42. The maximum absolute atomic E-state index is 12.7. The van der Waals surface area contributed by atoms with Crippen molar-refractivity contribution in [3.05, 3.63) is 72.9 Å². The number of hydrogen-bond acceptors (Lipinski definition) is 8. The highest BCUT2D eigenvalue weighted by molar-refractivity contribution is 7.47. The van der Waals surface area contributed by atoms with Crippen molar-refractivity contribution in [1.82, 2.24) is 0 Å². The van der Waals surface area contributed by atoms with E-state index in [-0.39, 0.29) is 26.1 Å². The number of allylic oxidation sites excluding steroid dienone is 10. The van der Waals surface area contributed by atoms with Gasteiger partial charge in [-0.25, -0.2) is 4.57 Å². The molecule has 0 aliphatic rings. The Hall–Kier alpha value is -2.59. The maximum Gasteiger partial charge on any atom is 0.472 e. The fraction of sp³-hybridized carbons (Fsp3) is 0.708. The number of carbonyl (C=O) groups excluding carboxylic acids is 2. The van der Waals surface area contributed by atoms with Gasteiger partial charge >= 0.3 is 19.8 Å². The maximum atomic E-state index is 12.7. The third-order valence-corrected chi connectivity index (χ3v) is 10.3. The lowest BCUT2D eigenvalue weighted by Gasteiger charge is -2.24. The summed E-state index contributed by atoms with van der Waals surface area (Å²) in [7, 11) is 1.38. The zero-order valence-electron chi connectivity index (χ0n) is 37.8. The van der Waals surface area contributed by atoms with E-state index in [2.05, 4.69) is 38.2 Å². The molecule has 0 spiro atoms. The molecule has 0 fully saturated rings. The molecule has 0 saturated carbocycles. The van der Waals surface area contributed by atoms with Gasteiger partial charge in [0, 0.05) is 12.8 Å². The number of quaternary nitrogens is 1. The number of phosphoric acid groups is 1. The second-order valence-corrected chi connectivity index (χ2v) is 17.7. The molecule has 0 aromatic carbocycles. The summed E-state index contributed by atoms with van der Waals surface area (Å²) in [5, 5.41) is 10.2. The quantitative estimate of drug-likeness (QED) is 0.0155. The molecular formula is C48H85NO9P+. The first-order valence-corrected chi connectivity index (χ1v) is 24.3. The fourth-order valence-electron chi connectivity index (χ4n) is 5.77. The highest BCUT2D eigenvalue weighted by Gasteiger charge is 2.27. The number of phosphoric ester groups is 1. The predicted molar refractivity (Wildman–Crippen MR) is 244 cm³/mol. The smallest absolute Gasteiger partial charge is 0.462 e. The molecular weight excluding hydrogens is 766 g/mol. The summed E-state index contributed by atoms with van der Waals surface area (Å²) in [5.41, 5.74) is 0. The number of likely N-dealkylation sites (N-methyl/N-ethyl adjacent to an activating group) is 1. The van der Waals surface area contributed by atoms with Gasteiger partial charge in [0.15, 0.2) is 6.10 Å². The predicted octanol–water partition coefficient (Wildman–Crippen LogP) is 12.0. The summed E-state index contributed by atoms with van der Waals surface area (Å²) in [6, 6.07) is 0. The van der Waals surface area contributed by atoms with Crippen LogP contribution in [0.2, 0.25) is 0 Å². The third-order valence-electron chi connectivity index (χ3n) is 9.34. The van der Waals surface area contributed by atoms with Crippen molar-refractivity contribution in [3.8, 4) is 0 Å². The summed E-state index contributed by atoms with van der Waals surface area (Å²) in [6.45, 7) is 4.13. The second-order valence-electron chi connectivity index (χ2n) is 16.3. The molecule has 0 rings (SSSR count). The van der Waals surface area contributed by atoms with Crippen molar-refractivity contribution >= 4 is 19.8 Å². The molecule has 3 unspecified atom stereocenters. The SMILES string of the molecule is CC/C=C\C/C=C\C/C=C\C=C\C(O)C/C=C\C/C=C\CCC(=O)OC(COC(=O)CCCCCCCCCCCCCCCCC)COP(=O)(O)OCC[N+](C)(C)C. The van der Waals surface area contributed by atoms with Crippen LogP contribution in [0.4, 0.5) is 0 Å². The van der Waals surface area contributed by atoms with Gasteiger partial charge in [-0.3, -0.25) is 18.6 Å². The Bertz CT molecular complexity index is 1250. The number of aliphatic hydroxyl groups excluding tert-OH is 1. The Balaban J connectivity index is 4.55. The lowest BCUT2D eigenvalue weighted by Crippen LogP contribution is -2.37. The molecule has 0 heterocycles. The normalized spacial score (nSPS) is 14.8. The van der Waals surface area contributed by atoms with Crippen LogP contribution in [0.1, 0.15) is 162 Å². The monoisotopic (exact) mass is 851 g/mol. The van der Waals surface area contributed by atoms with Crippen LogP contribution in [-0.4, -0.2) is 86.1 Å². The van der Waals surface area contributed by atoms with Crippen LogP contribution in [-0.2, 0) is 32.7 Å². The average molecular weight is 851 g/mol. The minimum Gasteiger partial charge on any atom is -0.462 e. The van der Waals surface area contributed by atoms with Crippen LogP contribution in [0.25, 0.3) is 0 Å². The third kappa shape index (κ3) is 43.3. The van der Waals surface area contributed by atoms with E-state index in [0.717, 1.165) is 38.5 Å². The first-order chi connectivity index (χ1) is 28.4. The van der Waals surface area contributed by atoms with Crippen LogP contribution in [0.5, 0.6) is 0 Å². The van der Waals surface area contributed by atoms with Crippen molar-refractivity contribution in [2.75, 3.05) is 47.5 Å². The van der Waals surface area contributed by atoms with E-state index in [9.17, 15) is 24.2 Å². The van der Waals surface area contributed by atoms with Crippen molar-refractivity contribution in [2.24, 2.45) is 0 Å². The minimum absolute atomic E-state index is 0.00284. The molecule has 10 nitrogen and oxygen atoms in total. The number of esters is 2. The van der Waals surface area contributed by atoms with Crippen LogP contribution in [0.15, 0.2) is 72.9 Å². The highest BCUT2D eigenvalue weighted by Crippen LogP contribution is 2.43. The molecule has 0 bridgehead atoms. The van der Waals surface area contributed by atoms with E-state index >= 15 is 0 Å². The molecule has 0 amide bonds. The van der Waals surface area contributed by atoms with Gasteiger partial charge in [0.25, 0.3) is 0 Å². The molecule has 0 aliphatic carbocycles. The molecule has 3 atom stereocenters. The zero-order valence-corrected chi connectivity index (χ0v) is 38.7. The lowest BCUT2D eigenvalue weighted by molar-refractivity contribution is -0.870. The molecule has 59 heavy (non-hydrogen) atoms. The summed E-state index contributed by atoms with van der Waals surface area (Å²) < 4.78 is 34.2. The summed E-state index contributed by atoms with van der Waals surface area (Å²) in [5.74, 6) is -0.946. The number of unbranched alkanes of at least 4 members (excludes halogenated alkanes) is 14. The van der Waals surface area contributed by atoms with E-state index < -0.39 is 38.6 Å². The van der Waals surface area contributed by atoms with Gasteiger partial charge < -0.3 is 24.0 Å². The number of nitrogens with zero attached hydrogens (tertiary/aromatic N) is 1. The first kappa shape index (κ1) is 56.4. The Labute approximate surface area is 360 Å². The van der Waals surface area contributed by atoms with Gasteiger partial charge in [0.05, 0.1) is 33.9 Å². The Morgan fingerprint density at radius 3 is 1.76 bits per heavy atom. The largest absolute Gasteiger partial charge is 0.472 e. The lowest BCUT2D eigenvalue weighted by atomic mass is 10.0. The Morgan fingerprint density at radius 2 is 1.17 bits per heavy atom. The van der Waals surface area contributed by atoms with Gasteiger partial charge in [0.2, 0.25) is 0 Å². The highest BCUT2D eigenvalue weighted by atomic mass is 31.2. The van der Waals surface area contributed by atoms with E-state index in [4.69, 9.17) is 18.5 Å². The van der Waals surface area contributed by atoms with Gasteiger partial charge in [-0.2, -0.15) is 0 Å². The number of ether oxygens (including phenoxy) is 2. The number of carbonyl (C=O) groups is 2. The molecule has 2 N–H and O–H groups in total. The summed E-state index contributed by atoms with van der Waals surface area (Å²) in [4.78, 5) is 35.4. The Morgan fingerprint density at radius 1 is 0.627 bits per heavy atom. The van der Waals surface area contributed by atoms with Crippen molar-refractivity contribution in [3.63, 3.8) is 0 Å². The molecule has 340 valence electrons. The van der Waals surface area contributed by atoms with Crippen molar-refractivity contribution < 1.29 is 47.2 Å². The van der Waals surface area contributed by atoms with E-state index in [1.54, 1.807) is 6.08 Å². The van der Waals surface area contributed by atoms with Gasteiger partial charge in [0.1, 0.15) is 19.8 Å². The van der Waals surface area contributed by atoms with Crippen molar-refractivity contribution in [1.29, 1.82) is 0 Å². The number of aliphatic hydroxyl groups is 1. The van der Waals surface area contributed by atoms with E-state index in [1.807, 2.05) is 63.7 Å². The van der Waals surface area contributed by atoms with Gasteiger partial charge in [-0.05, 0) is 44.9 Å². The molecule has 0 radical (unpaired) electrons. The molecule has 11 heteroatoms. The number of rotatable bonds is 40. The first-order valence-electron chi connectivity index (χ1n) is 22.8. The standard InChI is InChI=1S/C48H84NO9P/c1-6-8-10-12-14-16-18-19-20-21-22-24-26-31-35-39-47(51)55-43-46(44-57-59(53,54)56-42-41-49(3,4)5)58-48(52)40-36-32-28-27-30-34-38-45(50)37-33-29-25-23-17-15-13-11-9-7-2/h9,11,15,17,25,28-30,32-34,37,45-46,50H,6-8,10,12-14,16,18-24,26-27,31,35-36,38-44H2,1-5H3/p+1/b11-9-,17-15-,29-25-,32-28-,34-30-,37-33+.